The molecule has 0 radical (unpaired) electrons. The number of benzene rings is 1. The molecule has 0 heterocycles. The molecule has 0 aliphatic rings. The Bertz CT molecular complexity index is 320. The molecule has 0 amide bonds. The molecule has 0 aliphatic carbocycles. The summed E-state index contributed by atoms with van der Waals surface area (Å²) >= 11 is 0. The van der Waals surface area contributed by atoms with E-state index in [9.17, 15) is 0 Å². The summed E-state index contributed by atoms with van der Waals surface area (Å²) < 4.78 is 15.9. The first-order chi connectivity index (χ1) is 7.26. The van der Waals surface area contributed by atoms with Gasteiger partial charge < -0.3 is 14.2 Å². The number of hydrogen-bond donors (Lipinski definition) is 0. The predicted molar refractivity (Wildman–Crippen MR) is 60.8 cm³/mol. The second-order valence-electron chi connectivity index (χ2n) is 2.88. The van der Waals surface area contributed by atoms with Crippen molar-refractivity contribution in [3.8, 4) is 17.2 Å². The zero-order valence-corrected chi connectivity index (χ0v) is 9.37. The van der Waals surface area contributed by atoms with Crippen LogP contribution in [0.1, 0.15) is 12.5 Å². The Morgan fingerprint density at radius 1 is 1.20 bits per heavy atom. The fourth-order valence-electron chi connectivity index (χ4n) is 1.37. The van der Waals surface area contributed by atoms with Gasteiger partial charge >= 0.3 is 0 Å². The minimum Gasteiger partial charge on any atom is -0.496 e. The van der Waals surface area contributed by atoms with Crippen molar-refractivity contribution in [3.63, 3.8) is 0 Å². The summed E-state index contributed by atoms with van der Waals surface area (Å²) in [4.78, 5) is 0. The molecule has 0 saturated carbocycles. The lowest BCUT2D eigenvalue weighted by Crippen LogP contribution is -1.96. The van der Waals surface area contributed by atoms with Gasteiger partial charge in [0.25, 0.3) is 0 Å². The molecular weight excluding hydrogens is 192 g/mol. The van der Waals surface area contributed by atoms with E-state index in [0.717, 1.165) is 11.3 Å². The first-order valence-corrected chi connectivity index (χ1v) is 4.78. The number of ether oxygens (including phenoxy) is 3. The van der Waals surface area contributed by atoms with Crippen LogP contribution in [0.15, 0.2) is 18.7 Å². The summed E-state index contributed by atoms with van der Waals surface area (Å²) in [5.74, 6) is 2.14. The highest BCUT2D eigenvalue weighted by molar-refractivity contribution is 5.65. The van der Waals surface area contributed by atoms with Crippen molar-refractivity contribution in [2.45, 2.75) is 6.92 Å². The first-order valence-electron chi connectivity index (χ1n) is 4.78. The van der Waals surface area contributed by atoms with Crippen molar-refractivity contribution in [2.24, 2.45) is 0 Å². The normalized spacial score (nSPS) is 9.53. The molecule has 1 aromatic carbocycles. The molecule has 0 bridgehead atoms. The van der Waals surface area contributed by atoms with E-state index in [1.54, 1.807) is 20.3 Å². The van der Waals surface area contributed by atoms with Crippen LogP contribution in [0.3, 0.4) is 0 Å². The highest BCUT2D eigenvalue weighted by Gasteiger charge is 2.09. The molecule has 82 valence electrons. The molecular formula is C12H16O3. The van der Waals surface area contributed by atoms with Gasteiger partial charge in [-0.1, -0.05) is 12.7 Å². The Labute approximate surface area is 90.3 Å². The largest absolute Gasteiger partial charge is 0.496 e. The summed E-state index contributed by atoms with van der Waals surface area (Å²) in [6.45, 7) is 6.26. The van der Waals surface area contributed by atoms with E-state index in [0.29, 0.717) is 18.1 Å². The highest BCUT2D eigenvalue weighted by atomic mass is 16.5. The van der Waals surface area contributed by atoms with Crippen LogP contribution in [0.4, 0.5) is 0 Å². The topological polar surface area (TPSA) is 27.7 Å². The van der Waals surface area contributed by atoms with Gasteiger partial charge in [-0.05, 0) is 6.92 Å². The molecule has 0 aromatic heterocycles. The number of rotatable bonds is 5. The Morgan fingerprint density at radius 2 is 1.73 bits per heavy atom. The molecule has 15 heavy (non-hydrogen) atoms. The predicted octanol–water partition coefficient (Wildman–Crippen LogP) is 2.75. The smallest absolute Gasteiger partial charge is 0.133 e. The van der Waals surface area contributed by atoms with Crippen LogP contribution in [0.25, 0.3) is 6.08 Å². The molecule has 0 spiro atoms. The third-order valence-electron chi connectivity index (χ3n) is 2.03. The summed E-state index contributed by atoms with van der Waals surface area (Å²) in [5.41, 5.74) is 0.837. The highest BCUT2D eigenvalue weighted by Crippen LogP contribution is 2.34. The molecule has 0 N–H and O–H groups in total. The molecule has 0 aliphatic heterocycles. The van der Waals surface area contributed by atoms with Gasteiger partial charge in [-0.3, -0.25) is 0 Å². The van der Waals surface area contributed by atoms with Crippen LogP contribution in [0.5, 0.6) is 17.2 Å². The second-order valence-corrected chi connectivity index (χ2v) is 2.88. The summed E-state index contributed by atoms with van der Waals surface area (Å²) in [7, 11) is 3.22. The van der Waals surface area contributed by atoms with E-state index >= 15 is 0 Å². The summed E-state index contributed by atoms with van der Waals surface area (Å²) in [6.07, 6.45) is 1.70. The molecule has 3 heteroatoms. The maximum absolute atomic E-state index is 5.40. The van der Waals surface area contributed by atoms with Crippen LogP contribution >= 0.6 is 0 Å². The molecule has 0 fully saturated rings. The average Bonchev–Trinajstić information content (AvgIpc) is 2.28. The molecule has 1 rings (SSSR count). The van der Waals surface area contributed by atoms with Gasteiger partial charge in [0, 0.05) is 12.1 Å². The Hall–Kier alpha value is -1.64. The zero-order chi connectivity index (χ0) is 11.3. The lowest BCUT2D eigenvalue weighted by atomic mass is 10.1. The molecule has 1 aromatic rings. The SMILES string of the molecule is C=Cc1c(OC)cc(OCC)cc1OC. The van der Waals surface area contributed by atoms with Crippen molar-refractivity contribution < 1.29 is 14.2 Å². The Morgan fingerprint density at radius 3 is 2.07 bits per heavy atom. The van der Waals surface area contributed by atoms with Crippen molar-refractivity contribution in [1.29, 1.82) is 0 Å². The van der Waals surface area contributed by atoms with E-state index < -0.39 is 0 Å². The number of methoxy groups -OCH3 is 2. The maximum Gasteiger partial charge on any atom is 0.133 e. The number of hydrogen-bond acceptors (Lipinski definition) is 3. The fraction of sp³-hybridized carbons (Fsp3) is 0.333. The van der Waals surface area contributed by atoms with Crippen molar-refractivity contribution in [3.05, 3.63) is 24.3 Å². The fourth-order valence-corrected chi connectivity index (χ4v) is 1.37. The van der Waals surface area contributed by atoms with E-state index in [2.05, 4.69) is 6.58 Å². The van der Waals surface area contributed by atoms with Crippen molar-refractivity contribution in [2.75, 3.05) is 20.8 Å². The van der Waals surface area contributed by atoms with Crippen LogP contribution in [-0.4, -0.2) is 20.8 Å². The monoisotopic (exact) mass is 208 g/mol. The third-order valence-corrected chi connectivity index (χ3v) is 2.03. The van der Waals surface area contributed by atoms with E-state index in [4.69, 9.17) is 14.2 Å². The third kappa shape index (κ3) is 2.43. The standard InChI is InChI=1S/C12H16O3/c1-5-10-11(13-3)7-9(15-6-2)8-12(10)14-4/h5,7-8H,1,6H2,2-4H3. The minimum absolute atomic E-state index is 0.611. The lowest BCUT2D eigenvalue weighted by molar-refractivity contribution is 0.330. The Kier molecular flexibility index (Phi) is 4.03. The quantitative estimate of drug-likeness (QED) is 0.744. The van der Waals surface area contributed by atoms with E-state index in [1.807, 2.05) is 19.1 Å². The van der Waals surface area contributed by atoms with Gasteiger partial charge in [0.15, 0.2) is 0 Å². The zero-order valence-electron chi connectivity index (χ0n) is 9.37. The Balaban J connectivity index is 3.22. The van der Waals surface area contributed by atoms with Crippen LogP contribution < -0.4 is 14.2 Å². The van der Waals surface area contributed by atoms with E-state index in [-0.39, 0.29) is 0 Å². The second kappa shape index (κ2) is 5.29. The van der Waals surface area contributed by atoms with Crippen molar-refractivity contribution in [1.82, 2.24) is 0 Å². The first kappa shape index (κ1) is 11.4. The average molecular weight is 208 g/mol. The van der Waals surface area contributed by atoms with Gasteiger partial charge in [-0.15, -0.1) is 0 Å². The molecule has 3 nitrogen and oxygen atoms in total. The molecule has 0 atom stereocenters. The van der Waals surface area contributed by atoms with Crippen molar-refractivity contribution >= 4 is 6.08 Å². The van der Waals surface area contributed by atoms with E-state index in [1.165, 1.54) is 0 Å². The minimum atomic E-state index is 0.611. The molecule has 0 unspecified atom stereocenters. The van der Waals surface area contributed by atoms with Crippen LogP contribution in [0.2, 0.25) is 0 Å². The van der Waals surface area contributed by atoms with Gasteiger partial charge in [-0.25, -0.2) is 0 Å². The van der Waals surface area contributed by atoms with Crippen LogP contribution in [-0.2, 0) is 0 Å². The van der Waals surface area contributed by atoms with Gasteiger partial charge in [0.2, 0.25) is 0 Å². The lowest BCUT2D eigenvalue weighted by Gasteiger charge is -2.12. The summed E-state index contributed by atoms with van der Waals surface area (Å²) in [5, 5.41) is 0. The summed E-state index contributed by atoms with van der Waals surface area (Å²) in [6, 6.07) is 3.64. The van der Waals surface area contributed by atoms with Gasteiger partial charge in [-0.2, -0.15) is 0 Å². The van der Waals surface area contributed by atoms with Gasteiger partial charge in [0.05, 0.1) is 26.4 Å². The maximum atomic E-state index is 5.40. The molecule has 0 saturated heterocycles. The van der Waals surface area contributed by atoms with Crippen LogP contribution in [0, 0.1) is 0 Å². The van der Waals surface area contributed by atoms with Gasteiger partial charge in [0.1, 0.15) is 17.2 Å².